The van der Waals surface area contributed by atoms with E-state index in [0.717, 1.165) is 48.9 Å². The van der Waals surface area contributed by atoms with Crippen molar-refractivity contribution >= 4 is 28.9 Å². The van der Waals surface area contributed by atoms with Crippen molar-refractivity contribution in [3.05, 3.63) is 83.9 Å². The topological polar surface area (TPSA) is 83.1 Å². The van der Waals surface area contributed by atoms with Gasteiger partial charge in [-0.25, -0.2) is 0 Å². The summed E-state index contributed by atoms with van der Waals surface area (Å²) in [6.45, 7) is 3.90. The van der Waals surface area contributed by atoms with Crippen LogP contribution in [0.15, 0.2) is 72.8 Å². The quantitative estimate of drug-likeness (QED) is 0.413. The van der Waals surface area contributed by atoms with Gasteiger partial charge in [0.25, 0.3) is 5.91 Å². The first-order valence-electron chi connectivity index (χ1n) is 12.5. The first-order valence-corrected chi connectivity index (χ1v) is 12.5. The van der Waals surface area contributed by atoms with Crippen molar-refractivity contribution in [3.8, 4) is 5.75 Å². The Bertz CT molecular complexity index is 1190. The number of carbonyl (C=O) groups excluding carboxylic acids is 2. The molecule has 1 fully saturated rings. The summed E-state index contributed by atoms with van der Waals surface area (Å²) in [5, 5.41) is 5.86. The molecule has 8 nitrogen and oxygen atoms in total. The number of anilines is 3. The molecule has 3 aromatic rings. The molecule has 37 heavy (non-hydrogen) atoms. The highest BCUT2D eigenvalue weighted by Gasteiger charge is 2.24. The van der Waals surface area contributed by atoms with Crippen LogP contribution in [0, 0.1) is 0 Å². The predicted octanol–water partition coefficient (Wildman–Crippen LogP) is 3.58. The molecule has 1 aliphatic heterocycles. The number of amides is 2. The molecule has 0 atom stereocenters. The fraction of sp³-hybridized carbons (Fsp3) is 0.310. The molecule has 0 unspecified atom stereocenters. The number of hydrogen-bond donors (Lipinski definition) is 2. The lowest BCUT2D eigenvalue weighted by atomic mass is 10.1. The van der Waals surface area contributed by atoms with Crippen LogP contribution >= 0.6 is 0 Å². The molecule has 194 valence electrons. The van der Waals surface area contributed by atoms with Gasteiger partial charge >= 0.3 is 0 Å². The Labute approximate surface area is 218 Å². The molecule has 1 saturated heterocycles. The maximum atomic E-state index is 13.1. The number of benzene rings is 3. The fourth-order valence-corrected chi connectivity index (χ4v) is 4.50. The van der Waals surface area contributed by atoms with Gasteiger partial charge in [-0.3, -0.25) is 9.59 Å². The van der Waals surface area contributed by atoms with Gasteiger partial charge in [-0.1, -0.05) is 42.5 Å². The molecule has 3 aromatic carbocycles. The second-order valence-corrected chi connectivity index (χ2v) is 8.84. The van der Waals surface area contributed by atoms with E-state index in [9.17, 15) is 9.59 Å². The van der Waals surface area contributed by atoms with Gasteiger partial charge in [-0.15, -0.1) is 0 Å². The summed E-state index contributed by atoms with van der Waals surface area (Å²) in [6.07, 6.45) is 0.267. The minimum absolute atomic E-state index is 0.130. The third-order valence-corrected chi connectivity index (χ3v) is 6.37. The monoisotopic (exact) mass is 502 g/mol. The number of hydrogen-bond acceptors (Lipinski definition) is 6. The SMILES string of the molecule is COCCNC(=O)c1cc(NC(=O)Cc2ccccc2)ccc1N1CCN(c2ccccc2OC)CC1. The van der Waals surface area contributed by atoms with Gasteiger partial charge < -0.3 is 29.9 Å². The molecule has 4 rings (SSSR count). The van der Waals surface area contributed by atoms with E-state index >= 15 is 0 Å². The summed E-state index contributed by atoms with van der Waals surface area (Å²) in [4.78, 5) is 30.3. The van der Waals surface area contributed by atoms with Crippen molar-refractivity contribution < 1.29 is 19.1 Å². The molecule has 0 bridgehead atoms. The van der Waals surface area contributed by atoms with Crippen LogP contribution in [0.2, 0.25) is 0 Å². The maximum Gasteiger partial charge on any atom is 0.253 e. The van der Waals surface area contributed by atoms with E-state index in [2.05, 4.69) is 26.5 Å². The molecule has 0 aliphatic carbocycles. The molecule has 0 aromatic heterocycles. The Hall–Kier alpha value is -4.04. The number of methoxy groups -OCH3 is 2. The average Bonchev–Trinajstić information content (AvgIpc) is 2.93. The number of piperazine rings is 1. The second kappa shape index (κ2) is 12.8. The summed E-state index contributed by atoms with van der Waals surface area (Å²) >= 11 is 0. The minimum atomic E-state index is -0.196. The summed E-state index contributed by atoms with van der Waals surface area (Å²) in [7, 11) is 3.28. The molecule has 0 saturated carbocycles. The number of ether oxygens (including phenoxy) is 2. The lowest BCUT2D eigenvalue weighted by molar-refractivity contribution is -0.115. The van der Waals surface area contributed by atoms with Crippen molar-refractivity contribution in [2.75, 3.05) is 68.7 Å². The molecule has 2 N–H and O–H groups in total. The first kappa shape index (κ1) is 26.0. The zero-order valence-corrected chi connectivity index (χ0v) is 21.4. The predicted molar refractivity (Wildman–Crippen MR) is 147 cm³/mol. The lowest BCUT2D eigenvalue weighted by Gasteiger charge is -2.38. The highest BCUT2D eigenvalue weighted by Crippen LogP contribution is 2.31. The molecule has 0 spiro atoms. The summed E-state index contributed by atoms with van der Waals surface area (Å²) in [6, 6.07) is 23.1. The number of carbonyl (C=O) groups is 2. The van der Waals surface area contributed by atoms with Crippen LogP contribution in [0.25, 0.3) is 0 Å². The van der Waals surface area contributed by atoms with Crippen molar-refractivity contribution in [1.29, 1.82) is 0 Å². The van der Waals surface area contributed by atoms with E-state index in [0.29, 0.717) is 24.4 Å². The molecular weight excluding hydrogens is 468 g/mol. The van der Waals surface area contributed by atoms with Gasteiger partial charge in [-0.2, -0.15) is 0 Å². The standard InChI is InChI=1S/C29H34N4O4/c1-36-19-14-30-29(35)24-21-23(31-28(34)20-22-8-4-3-5-9-22)12-13-25(24)32-15-17-33(18-16-32)26-10-6-7-11-27(26)37-2/h3-13,21H,14-20H2,1-2H3,(H,30,35)(H,31,34). The molecular formula is C29H34N4O4. The summed E-state index contributed by atoms with van der Waals surface area (Å²) < 4.78 is 10.6. The lowest BCUT2D eigenvalue weighted by Crippen LogP contribution is -2.47. The second-order valence-electron chi connectivity index (χ2n) is 8.84. The Kier molecular flexibility index (Phi) is 8.99. The van der Waals surface area contributed by atoms with E-state index in [4.69, 9.17) is 9.47 Å². The van der Waals surface area contributed by atoms with Crippen LogP contribution in [-0.2, 0) is 16.0 Å². The van der Waals surface area contributed by atoms with E-state index in [-0.39, 0.29) is 18.2 Å². The molecule has 2 amide bonds. The minimum Gasteiger partial charge on any atom is -0.495 e. The van der Waals surface area contributed by atoms with Crippen molar-refractivity contribution in [2.24, 2.45) is 0 Å². The van der Waals surface area contributed by atoms with Crippen LogP contribution in [0.4, 0.5) is 17.1 Å². The van der Waals surface area contributed by atoms with E-state index in [1.807, 2.05) is 60.7 Å². The normalized spacial score (nSPS) is 13.2. The highest BCUT2D eigenvalue weighted by molar-refractivity contribution is 6.02. The van der Waals surface area contributed by atoms with Gasteiger partial charge in [0.1, 0.15) is 5.75 Å². The molecule has 8 heteroatoms. The highest BCUT2D eigenvalue weighted by atomic mass is 16.5. The van der Waals surface area contributed by atoms with Crippen LogP contribution in [0.3, 0.4) is 0 Å². The number of nitrogens with one attached hydrogen (secondary N) is 2. The average molecular weight is 503 g/mol. The van der Waals surface area contributed by atoms with Gasteiger partial charge in [0.05, 0.1) is 31.4 Å². The van der Waals surface area contributed by atoms with Crippen molar-refractivity contribution in [3.63, 3.8) is 0 Å². The zero-order chi connectivity index (χ0) is 26.0. The maximum absolute atomic E-state index is 13.1. The number of nitrogens with zero attached hydrogens (tertiary/aromatic N) is 2. The van der Waals surface area contributed by atoms with Gasteiger partial charge in [-0.05, 0) is 35.9 Å². The largest absolute Gasteiger partial charge is 0.495 e. The third-order valence-electron chi connectivity index (χ3n) is 6.37. The zero-order valence-electron chi connectivity index (χ0n) is 21.4. The van der Waals surface area contributed by atoms with Crippen LogP contribution in [-0.4, -0.2) is 65.4 Å². The number of para-hydroxylation sites is 2. The fourth-order valence-electron chi connectivity index (χ4n) is 4.50. The van der Waals surface area contributed by atoms with Crippen LogP contribution in [0.1, 0.15) is 15.9 Å². The van der Waals surface area contributed by atoms with E-state index in [1.165, 1.54) is 0 Å². The third kappa shape index (κ3) is 6.80. The summed E-state index contributed by atoms with van der Waals surface area (Å²) in [5.74, 6) is 0.526. The van der Waals surface area contributed by atoms with Gasteiger partial charge in [0, 0.05) is 51.2 Å². The van der Waals surface area contributed by atoms with Crippen molar-refractivity contribution in [2.45, 2.75) is 6.42 Å². The molecule has 1 aliphatic rings. The number of rotatable bonds is 10. The van der Waals surface area contributed by atoms with Gasteiger partial charge in [0.15, 0.2) is 0 Å². The molecule has 1 heterocycles. The Morgan fingerprint density at radius 2 is 1.51 bits per heavy atom. The Morgan fingerprint density at radius 3 is 2.22 bits per heavy atom. The summed E-state index contributed by atoms with van der Waals surface area (Å²) in [5.41, 5.74) is 3.96. The smallest absolute Gasteiger partial charge is 0.253 e. The Morgan fingerprint density at radius 1 is 0.838 bits per heavy atom. The Balaban J connectivity index is 1.49. The molecule has 0 radical (unpaired) electrons. The first-order chi connectivity index (χ1) is 18.1. The van der Waals surface area contributed by atoms with Crippen LogP contribution in [0.5, 0.6) is 5.75 Å². The van der Waals surface area contributed by atoms with Gasteiger partial charge in [0.2, 0.25) is 5.91 Å². The van der Waals surface area contributed by atoms with E-state index < -0.39 is 0 Å². The van der Waals surface area contributed by atoms with E-state index in [1.54, 1.807) is 20.3 Å². The van der Waals surface area contributed by atoms with Crippen LogP contribution < -0.4 is 25.2 Å². The van der Waals surface area contributed by atoms with Crippen molar-refractivity contribution in [1.82, 2.24) is 5.32 Å².